The molecule has 1 unspecified atom stereocenters. The van der Waals surface area contributed by atoms with Gasteiger partial charge in [-0.05, 0) is 31.6 Å². The zero-order chi connectivity index (χ0) is 12.4. The first-order valence-electron chi connectivity index (χ1n) is 7.66. The van der Waals surface area contributed by atoms with Crippen LogP contribution >= 0.6 is 0 Å². The lowest BCUT2D eigenvalue weighted by Crippen LogP contribution is -2.50. The smallest absolute Gasteiger partial charge is 0.0791 e. The molecule has 0 amide bonds. The Morgan fingerprint density at radius 2 is 1.67 bits per heavy atom. The highest BCUT2D eigenvalue weighted by Crippen LogP contribution is 2.29. The average molecular weight is 253 g/mol. The van der Waals surface area contributed by atoms with Crippen molar-refractivity contribution in [1.29, 1.82) is 0 Å². The maximum Gasteiger partial charge on any atom is 0.0791 e. The van der Waals surface area contributed by atoms with E-state index in [2.05, 4.69) is 15.1 Å². The fourth-order valence-electron chi connectivity index (χ4n) is 2.77. The average Bonchev–Trinajstić information content (AvgIpc) is 3.24. The molecular formula is C14H27N3O. The van der Waals surface area contributed by atoms with Gasteiger partial charge >= 0.3 is 0 Å². The number of nitrogens with zero attached hydrogens (tertiary/aromatic N) is 2. The van der Waals surface area contributed by atoms with Crippen molar-refractivity contribution in [3.05, 3.63) is 0 Å². The van der Waals surface area contributed by atoms with Crippen LogP contribution in [-0.2, 0) is 0 Å². The third-order valence-corrected chi connectivity index (χ3v) is 4.37. The summed E-state index contributed by atoms with van der Waals surface area (Å²) in [6.07, 6.45) is 5.30. The van der Waals surface area contributed by atoms with Crippen LogP contribution in [0.5, 0.6) is 0 Å². The highest BCUT2D eigenvalue weighted by Gasteiger charge is 2.27. The molecule has 0 aromatic carbocycles. The SMILES string of the molecule is OC(CNC1CC1)CN1CCN(CC2CC2)CC1. The van der Waals surface area contributed by atoms with Crippen molar-refractivity contribution in [1.82, 2.24) is 15.1 Å². The fraction of sp³-hybridized carbons (Fsp3) is 1.00. The molecule has 1 saturated heterocycles. The van der Waals surface area contributed by atoms with Crippen molar-refractivity contribution in [2.75, 3.05) is 45.8 Å². The largest absolute Gasteiger partial charge is 0.390 e. The third kappa shape index (κ3) is 4.19. The van der Waals surface area contributed by atoms with Crippen LogP contribution in [0.4, 0.5) is 0 Å². The van der Waals surface area contributed by atoms with Crippen molar-refractivity contribution in [3.8, 4) is 0 Å². The zero-order valence-corrected chi connectivity index (χ0v) is 11.4. The molecule has 2 saturated carbocycles. The second-order valence-electron chi connectivity index (χ2n) is 6.38. The first-order chi connectivity index (χ1) is 8.79. The number of piperazine rings is 1. The summed E-state index contributed by atoms with van der Waals surface area (Å²) in [6.45, 7) is 7.59. The molecule has 0 aromatic rings. The Morgan fingerprint density at radius 1 is 1.00 bits per heavy atom. The Bertz CT molecular complexity index is 258. The maximum atomic E-state index is 9.98. The van der Waals surface area contributed by atoms with Gasteiger partial charge in [-0.25, -0.2) is 0 Å². The maximum absolute atomic E-state index is 9.98. The third-order valence-electron chi connectivity index (χ3n) is 4.37. The lowest BCUT2D eigenvalue weighted by atomic mass is 10.2. The molecule has 0 aromatic heterocycles. The van der Waals surface area contributed by atoms with Crippen LogP contribution in [0.1, 0.15) is 25.7 Å². The summed E-state index contributed by atoms with van der Waals surface area (Å²) in [5.41, 5.74) is 0. The summed E-state index contributed by atoms with van der Waals surface area (Å²) in [4.78, 5) is 5.02. The predicted octanol–water partition coefficient (Wildman–Crippen LogP) is 0.127. The molecule has 2 N–H and O–H groups in total. The van der Waals surface area contributed by atoms with E-state index in [1.807, 2.05) is 0 Å². The lowest BCUT2D eigenvalue weighted by molar-refractivity contribution is 0.0709. The number of hydrogen-bond donors (Lipinski definition) is 2. The minimum atomic E-state index is -0.194. The van der Waals surface area contributed by atoms with Crippen molar-refractivity contribution in [2.24, 2.45) is 5.92 Å². The Balaban J connectivity index is 1.28. The van der Waals surface area contributed by atoms with E-state index in [0.29, 0.717) is 6.04 Å². The summed E-state index contributed by atoms with van der Waals surface area (Å²) in [5.74, 6) is 1.00. The Labute approximate surface area is 110 Å². The lowest BCUT2D eigenvalue weighted by Gasteiger charge is -2.35. The molecule has 1 aliphatic heterocycles. The fourth-order valence-corrected chi connectivity index (χ4v) is 2.77. The molecule has 0 spiro atoms. The second kappa shape index (κ2) is 5.87. The number of aliphatic hydroxyl groups is 1. The summed E-state index contributed by atoms with van der Waals surface area (Å²) < 4.78 is 0. The molecule has 18 heavy (non-hydrogen) atoms. The molecule has 1 heterocycles. The highest BCUT2D eigenvalue weighted by molar-refractivity contribution is 4.84. The molecule has 3 aliphatic rings. The van der Waals surface area contributed by atoms with Gasteiger partial charge in [0.15, 0.2) is 0 Å². The monoisotopic (exact) mass is 253 g/mol. The number of aliphatic hydroxyl groups excluding tert-OH is 1. The van der Waals surface area contributed by atoms with E-state index in [9.17, 15) is 5.11 Å². The van der Waals surface area contributed by atoms with E-state index >= 15 is 0 Å². The van der Waals surface area contributed by atoms with Gasteiger partial charge in [0, 0.05) is 51.9 Å². The van der Waals surface area contributed by atoms with Crippen molar-refractivity contribution in [3.63, 3.8) is 0 Å². The van der Waals surface area contributed by atoms with Gasteiger partial charge < -0.3 is 15.3 Å². The minimum Gasteiger partial charge on any atom is -0.390 e. The molecule has 0 radical (unpaired) electrons. The number of β-amino-alcohol motifs (C(OH)–C–C–N with tert-alkyl or cyclic N) is 1. The van der Waals surface area contributed by atoms with Crippen LogP contribution < -0.4 is 5.32 Å². The summed E-state index contributed by atoms with van der Waals surface area (Å²) >= 11 is 0. The van der Waals surface area contributed by atoms with Gasteiger partial charge in [0.2, 0.25) is 0 Å². The van der Waals surface area contributed by atoms with Gasteiger partial charge in [0.1, 0.15) is 0 Å². The summed E-state index contributed by atoms with van der Waals surface area (Å²) in [7, 11) is 0. The molecule has 2 aliphatic carbocycles. The molecule has 4 nitrogen and oxygen atoms in total. The zero-order valence-electron chi connectivity index (χ0n) is 11.4. The van der Waals surface area contributed by atoms with E-state index in [1.54, 1.807) is 0 Å². The van der Waals surface area contributed by atoms with Gasteiger partial charge in [0.05, 0.1) is 6.10 Å². The van der Waals surface area contributed by atoms with Gasteiger partial charge in [-0.3, -0.25) is 4.90 Å². The number of hydrogen-bond acceptors (Lipinski definition) is 4. The Kier molecular flexibility index (Phi) is 4.19. The van der Waals surface area contributed by atoms with Gasteiger partial charge in [0.25, 0.3) is 0 Å². The van der Waals surface area contributed by atoms with Crippen molar-refractivity contribution >= 4 is 0 Å². The normalized spacial score (nSPS) is 28.5. The molecule has 3 fully saturated rings. The van der Waals surface area contributed by atoms with E-state index in [-0.39, 0.29) is 6.10 Å². The topological polar surface area (TPSA) is 38.7 Å². The standard InChI is InChI=1S/C14H27N3O/c18-14(9-15-13-3-4-13)11-17-7-5-16(6-8-17)10-12-1-2-12/h12-15,18H,1-11H2. The van der Waals surface area contributed by atoms with Crippen molar-refractivity contribution in [2.45, 2.75) is 37.8 Å². The van der Waals surface area contributed by atoms with Gasteiger partial charge in [-0.1, -0.05) is 0 Å². The van der Waals surface area contributed by atoms with Crippen LogP contribution in [0.25, 0.3) is 0 Å². The van der Waals surface area contributed by atoms with Gasteiger partial charge in [-0.2, -0.15) is 0 Å². The first-order valence-corrected chi connectivity index (χ1v) is 7.66. The van der Waals surface area contributed by atoms with Crippen LogP contribution in [0.3, 0.4) is 0 Å². The van der Waals surface area contributed by atoms with E-state index < -0.39 is 0 Å². The summed E-state index contributed by atoms with van der Waals surface area (Å²) in [6, 6.07) is 0.704. The van der Waals surface area contributed by atoms with Crippen molar-refractivity contribution < 1.29 is 5.11 Å². The van der Waals surface area contributed by atoms with E-state index in [1.165, 1.54) is 45.3 Å². The molecule has 0 bridgehead atoms. The van der Waals surface area contributed by atoms with Crippen LogP contribution in [0.2, 0.25) is 0 Å². The summed E-state index contributed by atoms with van der Waals surface area (Å²) in [5, 5.41) is 13.4. The number of rotatable bonds is 7. The number of nitrogens with one attached hydrogen (secondary N) is 1. The van der Waals surface area contributed by atoms with Crippen LogP contribution in [-0.4, -0.2) is 72.9 Å². The van der Waals surface area contributed by atoms with Crippen LogP contribution in [0, 0.1) is 5.92 Å². The first kappa shape index (κ1) is 12.9. The molecule has 4 heteroatoms. The Morgan fingerprint density at radius 3 is 2.28 bits per heavy atom. The predicted molar refractivity (Wildman–Crippen MR) is 72.6 cm³/mol. The molecule has 1 atom stereocenters. The molecule has 3 rings (SSSR count). The van der Waals surface area contributed by atoms with Crippen LogP contribution in [0.15, 0.2) is 0 Å². The highest BCUT2D eigenvalue weighted by atomic mass is 16.3. The quantitative estimate of drug-likeness (QED) is 0.676. The minimum absolute atomic E-state index is 0.194. The second-order valence-corrected chi connectivity index (χ2v) is 6.38. The molecular weight excluding hydrogens is 226 g/mol. The van der Waals surface area contributed by atoms with E-state index in [0.717, 1.165) is 32.1 Å². The van der Waals surface area contributed by atoms with E-state index in [4.69, 9.17) is 0 Å². The van der Waals surface area contributed by atoms with Gasteiger partial charge in [-0.15, -0.1) is 0 Å². The Hall–Kier alpha value is -0.160. The molecule has 104 valence electrons.